The molecule has 0 saturated carbocycles. The van der Waals surface area contributed by atoms with Gasteiger partial charge in [0.1, 0.15) is 5.82 Å². The molecule has 1 aromatic carbocycles. The molecular weight excluding hydrogens is 254 g/mol. The molecule has 0 bridgehead atoms. The Morgan fingerprint density at radius 3 is 2.50 bits per heavy atom. The highest BCUT2D eigenvalue weighted by atomic mass is 16.2. The highest BCUT2D eigenvalue weighted by Gasteiger charge is 2.01. The van der Waals surface area contributed by atoms with Crippen molar-refractivity contribution in [2.45, 2.75) is 26.2 Å². The van der Waals surface area contributed by atoms with Crippen molar-refractivity contribution >= 4 is 11.5 Å². The van der Waals surface area contributed by atoms with E-state index in [4.69, 9.17) is 0 Å². The summed E-state index contributed by atoms with van der Waals surface area (Å²) in [5, 5.41) is 3.03. The number of hydrogen-bond acceptors (Lipinski definition) is 3. The van der Waals surface area contributed by atoms with E-state index in [1.807, 2.05) is 12.1 Å². The molecule has 0 radical (unpaired) electrons. The minimum absolute atomic E-state index is 0.337. The molecule has 0 atom stereocenters. The van der Waals surface area contributed by atoms with Crippen LogP contribution in [0.3, 0.4) is 0 Å². The van der Waals surface area contributed by atoms with E-state index in [0.29, 0.717) is 5.82 Å². The summed E-state index contributed by atoms with van der Waals surface area (Å²) in [6.45, 7) is 2.17. The lowest BCUT2D eigenvalue weighted by atomic mass is 10.1. The van der Waals surface area contributed by atoms with Crippen LogP contribution in [-0.4, -0.2) is 9.55 Å². The van der Waals surface area contributed by atoms with E-state index < -0.39 is 5.69 Å². The molecule has 0 aliphatic heterocycles. The zero-order valence-electron chi connectivity index (χ0n) is 11.8. The van der Waals surface area contributed by atoms with Crippen LogP contribution in [0.2, 0.25) is 0 Å². The number of rotatable bonds is 5. The molecule has 2 rings (SSSR count). The average molecular weight is 273 g/mol. The average Bonchev–Trinajstić information content (AvgIpc) is 2.44. The van der Waals surface area contributed by atoms with Gasteiger partial charge in [-0.1, -0.05) is 25.5 Å². The quantitative estimate of drug-likeness (QED) is 0.877. The zero-order valence-corrected chi connectivity index (χ0v) is 11.8. The topological polar surface area (TPSA) is 66.9 Å². The minimum atomic E-state index is -0.431. The highest BCUT2D eigenvalue weighted by Crippen LogP contribution is 2.14. The number of aryl methyl sites for hydroxylation is 1. The molecule has 2 N–H and O–H groups in total. The van der Waals surface area contributed by atoms with E-state index in [1.165, 1.54) is 31.5 Å². The summed E-state index contributed by atoms with van der Waals surface area (Å²) in [6.07, 6.45) is 3.42. The number of nitrogens with one attached hydrogen (secondary N) is 2. The molecule has 0 amide bonds. The maximum absolute atomic E-state index is 11.5. The second kappa shape index (κ2) is 6.23. The third-order valence-electron chi connectivity index (χ3n) is 3.20. The Balaban J connectivity index is 2.14. The van der Waals surface area contributed by atoms with Gasteiger partial charge in [0.2, 0.25) is 0 Å². The van der Waals surface area contributed by atoms with Crippen LogP contribution in [0.5, 0.6) is 0 Å². The van der Waals surface area contributed by atoms with Crippen molar-refractivity contribution in [1.29, 1.82) is 0 Å². The van der Waals surface area contributed by atoms with Gasteiger partial charge in [-0.2, -0.15) is 0 Å². The molecular formula is C15H19N3O2. The first kappa shape index (κ1) is 14.1. The Morgan fingerprint density at radius 1 is 1.20 bits per heavy atom. The van der Waals surface area contributed by atoms with Crippen molar-refractivity contribution in [3.05, 3.63) is 56.7 Å². The fraction of sp³-hybridized carbons (Fsp3) is 0.333. The molecule has 0 aliphatic carbocycles. The monoisotopic (exact) mass is 273 g/mol. The number of benzene rings is 1. The summed E-state index contributed by atoms with van der Waals surface area (Å²) in [7, 11) is 1.44. The summed E-state index contributed by atoms with van der Waals surface area (Å²) in [5.41, 5.74) is 1.36. The second-order valence-electron chi connectivity index (χ2n) is 4.81. The van der Waals surface area contributed by atoms with Gasteiger partial charge in [0.15, 0.2) is 0 Å². The van der Waals surface area contributed by atoms with Gasteiger partial charge >= 0.3 is 5.69 Å². The Labute approximate surface area is 117 Å². The third kappa shape index (κ3) is 3.38. The second-order valence-corrected chi connectivity index (χ2v) is 4.81. The van der Waals surface area contributed by atoms with Gasteiger partial charge < -0.3 is 5.32 Å². The van der Waals surface area contributed by atoms with Gasteiger partial charge in [0, 0.05) is 18.8 Å². The van der Waals surface area contributed by atoms with Crippen molar-refractivity contribution in [2.75, 3.05) is 5.32 Å². The van der Waals surface area contributed by atoms with Gasteiger partial charge in [-0.3, -0.25) is 14.3 Å². The molecule has 0 spiro atoms. The molecule has 5 heteroatoms. The molecule has 20 heavy (non-hydrogen) atoms. The molecule has 0 saturated heterocycles. The molecule has 5 nitrogen and oxygen atoms in total. The van der Waals surface area contributed by atoms with Crippen molar-refractivity contribution in [1.82, 2.24) is 9.55 Å². The van der Waals surface area contributed by atoms with Gasteiger partial charge in [-0.15, -0.1) is 0 Å². The summed E-state index contributed by atoms with van der Waals surface area (Å²) < 4.78 is 1.03. The zero-order chi connectivity index (χ0) is 14.5. The minimum Gasteiger partial charge on any atom is -0.342 e. The SMILES string of the molecule is CCCCc1ccc(Nc2cc(=O)n(C)c(=O)[nH]2)cc1. The van der Waals surface area contributed by atoms with Crippen LogP contribution in [-0.2, 0) is 13.5 Å². The number of aromatic amines is 1. The summed E-state index contributed by atoms with van der Waals surface area (Å²) >= 11 is 0. The van der Waals surface area contributed by atoms with E-state index in [1.54, 1.807) is 0 Å². The predicted octanol–water partition coefficient (Wildman–Crippen LogP) is 2.16. The lowest BCUT2D eigenvalue weighted by Gasteiger charge is -2.07. The number of nitrogens with zero attached hydrogens (tertiary/aromatic N) is 1. The molecule has 1 heterocycles. The van der Waals surface area contributed by atoms with Gasteiger partial charge in [0.25, 0.3) is 5.56 Å². The first-order chi connectivity index (χ1) is 9.60. The third-order valence-corrected chi connectivity index (χ3v) is 3.20. The molecule has 106 valence electrons. The Hall–Kier alpha value is -2.30. The smallest absolute Gasteiger partial charge is 0.329 e. The van der Waals surface area contributed by atoms with Gasteiger partial charge in [-0.25, -0.2) is 4.79 Å². The standard InChI is InChI=1S/C15H19N3O2/c1-3-4-5-11-6-8-12(9-7-11)16-13-10-14(19)18(2)15(20)17-13/h6-10,16H,3-5H2,1-2H3,(H,17,20). The Kier molecular flexibility index (Phi) is 4.40. The van der Waals surface area contributed by atoms with Crippen molar-refractivity contribution in [3.8, 4) is 0 Å². The summed E-state index contributed by atoms with van der Waals surface area (Å²) in [4.78, 5) is 25.6. The fourth-order valence-corrected chi connectivity index (χ4v) is 1.91. The van der Waals surface area contributed by atoms with E-state index >= 15 is 0 Å². The molecule has 1 aromatic heterocycles. The molecule has 0 aliphatic rings. The van der Waals surface area contributed by atoms with E-state index in [2.05, 4.69) is 29.4 Å². The number of anilines is 2. The lowest BCUT2D eigenvalue weighted by molar-refractivity contribution is 0.778. The fourth-order valence-electron chi connectivity index (χ4n) is 1.91. The summed E-state index contributed by atoms with van der Waals surface area (Å²) in [5.74, 6) is 0.402. The number of H-pyrrole nitrogens is 1. The largest absolute Gasteiger partial charge is 0.342 e. The van der Waals surface area contributed by atoms with Crippen LogP contribution in [0.25, 0.3) is 0 Å². The van der Waals surface area contributed by atoms with Crippen LogP contribution in [0.15, 0.2) is 39.9 Å². The Bertz CT molecular complexity index is 652. The van der Waals surface area contributed by atoms with Crippen LogP contribution in [0.4, 0.5) is 11.5 Å². The van der Waals surface area contributed by atoms with Crippen LogP contribution >= 0.6 is 0 Å². The summed E-state index contributed by atoms with van der Waals surface area (Å²) in [6, 6.07) is 9.36. The van der Waals surface area contributed by atoms with Crippen molar-refractivity contribution in [2.24, 2.45) is 7.05 Å². The Morgan fingerprint density at radius 2 is 1.90 bits per heavy atom. The van der Waals surface area contributed by atoms with E-state index in [0.717, 1.165) is 16.7 Å². The van der Waals surface area contributed by atoms with Crippen molar-refractivity contribution in [3.63, 3.8) is 0 Å². The van der Waals surface area contributed by atoms with Crippen LogP contribution < -0.4 is 16.6 Å². The molecule has 2 aromatic rings. The molecule has 0 unspecified atom stereocenters. The molecule has 0 fully saturated rings. The van der Waals surface area contributed by atoms with E-state index in [9.17, 15) is 9.59 Å². The van der Waals surface area contributed by atoms with Crippen molar-refractivity contribution < 1.29 is 0 Å². The highest BCUT2D eigenvalue weighted by molar-refractivity contribution is 5.55. The first-order valence-electron chi connectivity index (χ1n) is 6.76. The maximum Gasteiger partial charge on any atom is 0.329 e. The van der Waals surface area contributed by atoms with E-state index in [-0.39, 0.29) is 5.56 Å². The van der Waals surface area contributed by atoms with Crippen LogP contribution in [0, 0.1) is 0 Å². The normalized spacial score (nSPS) is 10.5. The number of unbranched alkanes of at least 4 members (excludes halogenated alkanes) is 1. The van der Waals surface area contributed by atoms with Gasteiger partial charge in [0.05, 0.1) is 0 Å². The predicted molar refractivity (Wildman–Crippen MR) is 80.6 cm³/mol. The first-order valence-corrected chi connectivity index (χ1v) is 6.76. The lowest BCUT2D eigenvalue weighted by Crippen LogP contribution is -2.32. The van der Waals surface area contributed by atoms with Crippen LogP contribution in [0.1, 0.15) is 25.3 Å². The van der Waals surface area contributed by atoms with Gasteiger partial charge in [-0.05, 0) is 30.5 Å². The number of hydrogen-bond donors (Lipinski definition) is 2. The number of aromatic nitrogens is 2. The maximum atomic E-state index is 11.5.